The molecule has 0 radical (unpaired) electrons. The van der Waals surface area contributed by atoms with Crippen LogP contribution in [0.25, 0.3) is 0 Å². The molecule has 0 amide bonds. The summed E-state index contributed by atoms with van der Waals surface area (Å²) in [6, 6.07) is 4.04. The molecule has 0 saturated carbocycles. The average Bonchev–Trinajstić information content (AvgIpc) is 1.76. The van der Waals surface area contributed by atoms with E-state index in [9.17, 15) is 0 Å². The van der Waals surface area contributed by atoms with Gasteiger partial charge in [-0.1, -0.05) is 12.1 Å². The SMILES string of the molecule is [Br-].[Mg+2].c1ccsc1. The molecule has 1 heterocycles. The van der Waals surface area contributed by atoms with Gasteiger partial charge in [0.1, 0.15) is 0 Å². The summed E-state index contributed by atoms with van der Waals surface area (Å²) in [5.74, 6) is 0. The predicted octanol–water partition coefficient (Wildman–Crippen LogP) is -1.63. The van der Waals surface area contributed by atoms with Gasteiger partial charge >= 0.3 is 23.1 Å². The van der Waals surface area contributed by atoms with Gasteiger partial charge in [-0.05, 0) is 10.8 Å². The largest absolute Gasteiger partial charge is 2.00 e. The van der Waals surface area contributed by atoms with Crippen molar-refractivity contribution < 1.29 is 17.0 Å². The second-order valence-corrected chi connectivity index (χ2v) is 1.61. The van der Waals surface area contributed by atoms with Crippen LogP contribution in [-0.2, 0) is 0 Å². The van der Waals surface area contributed by atoms with Gasteiger partial charge in [0.2, 0.25) is 0 Å². The molecule has 0 N–H and O–H groups in total. The van der Waals surface area contributed by atoms with Crippen molar-refractivity contribution in [2.75, 3.05) is 0 Å². The van der Waals surface area contributed by atoms with Crippen LogP contribution < -0.4 is 17.0 Å². The van der Waals surface area contributed by atoms with Gasteiger partial charge in [-0.3, -0.25) is 0 Å². The van der Waals surface area contributed by atoms with E-state index in [-0.39, 0.29) is 40.0 Å². The smallest absolute Gasteiger partial charge is 1.00 e. The van der Waals surface area contributed by atoms with E-state index in [0.29, 0.717) is 0 Å². The van der Waals surface area contributed by atoms with Gasteiger partial charge in [-0.2, -0.15) is 11.3 Å². The molecule has 34 valence electrons. The molecule has 0 unspecified atom stereocenters. The fourth-order valence-electron chi connectivity index (χ4n) is 0.227. The molecule has 0 aliphatic carbocycles. The van der Waals surface area contributed by atoms with Crippen LogP contribution in [0, 0.1) is 0 Å². The van der Waals surface area contributed by atoms with Gasteiger partial charge in [0.05, 0.1) is 0 Å². The molecule has 0 aromatic carbocycles. The van der Waals surface area contributed by atoms with Crippen molar-refractivity contribution in [2.24, 2.45) is 0 Å². The first-order valence-corrected chi connectivity index (χ1v) is 2.41. The summed E-state index contributed by atoms with van der Waals surface area (Å²) in [7, 11) is 0. The zero-order valence-corrected chi connectivity index (χ0v) is 7.62. The van der Waals surface area contributed by atoms with E-state index >= 15 is 0 Å². The van der Waals surface area contributed by atoms with Crippen molar-refractivity contribution in [2.45, 2.75) is 0 Å². The number of hydrogen-bond donors (Lipinski definition) is 0. The number of hydrogen-bond acceptors (Lipinski definition) is 1. The van der Waals surface area contributed by atoms with Crippen molar-refractivity contribution in [1.29, 1.82) is 0 Å². The molecule has 0 bridgehead atoms. The summed E-state index contributed by atoms with van der Waals surface area (Å²) >= 11 is 1.71. The Labute approximate surface area is 73.9 Å². The Kier molecular flexibility index (Phi) is 10.8. The monoisotopic (exact) mass is 187 g/mol. The first-order valence-electron chi connectivity index (χ1n) is 1.47. The van der Waals surface area contributed by atoms with Crippen molar-refractivity contribution >= 4 is 34.4 Å². The van der Waals surface area contributed by atoms with Crippen LogP contribution in [0.2, 0.25) is 0 Å². The average molecular weight is 188 g/mol. The molecule has 0 saturated heterocycles. The van der Waals surface area contributed by atoms with Crippen LogP contribution >= 0.6 is 11.3 Å². The Morgan fingerprint density at radius 3 is 1.57 bits per heavy atom. The van der Waals surface area contributed by atoms with Crippen LogP contribution in [0.4, 0.5) is 0 Å². The fraction of sp³-hybridized carbons (Fsp3) is 0. The molecule has 0 atom stereocenters. The van der Waals surface area contributed by atoms with Gasteiger partial charge in [0, 0.05) is 0 Å². The number of halogens is 1. The predicted molar refractivity (Wildman–Crippen MR) is 30.1 cm³/mol. The third-order valence-corrected chi connectivity index (χ3v) is 1.05. The topological polar surface area (TPSA) is 0 Å². The molecule has 1 aromatic heterocycles. The maximum absolute atomic E-state index is 2.04. The summed E-state index contributed by atoms with van der Waals surface area (Å²) < 4.78 is 0. The molecular weight excluding hydrogens is 184 g/mol. The zero-order chi connectivity index (χ0) is 3.54. The van der Waals surface area contributed by atoms with E-state index in [0.717, 1.165) is 0 Å². The first-order chi connectivity index (χ1) is 2.50. The third kappa shape index (κ3) is 4.81. The van der Waals surface area contributed by atoms with Crippen LogP contribution in [0.15, 0.2) is 22.9 Å². The van der Waals surface area contributed by atoms with Gasteiger partial charge in [0.15, 0.2) is 0 Å². The summed E-state index contributed by atoms with van der Waals surface area (Å²) in [6.07, 6.45) is 0. The molecule has 0 fully saturated rings. The second kappa shape index (κ2) is 6.95. The van der Waals surface area contributed by atoms with Gasteiger partial charge < -0.3 is 17.0 Å². The van der Waals surface area contributed by atoms with E-state index < -0.39 is 0 Å². The van der Waals surface area contributed by atoms with E-state index in [4.69, 9.17) is 0 Å². The minimum atomic E-state index is 0. The summed E-state index contributed by atoms with van der Waals surface area (Å²) in [6.45, 7) is 0. The van der Waals surface area contributed by atoms with Crippen LogP contribution in [-0.4, -0.2) is 23.1 Å². The third-order valence-electron chi connectivity index (χ3n) is 0.425. The minimum Gasteiger partial charge on any atom is -1.00 e. The van der Waals surface area contributed by atoms with Crippen LogP contribution in [0.3, 0.4) is 0 Å². The molecule has 0 nitrogen and oxygen atoms in total. The summed E-state index contributed by atoms with van der Waals surface area (Å²) in [5, 5.41) is 4.08. The Morgan fingerprint density at radius 2 is 1.43 bits per heavy atom. The van der Waals surface area contributed by atoms with Gasteiger partial charge in [0.25, 0.3) is 0 Å². The Morgan fingerprint density at radius 1 is 1.00 bits per heavy atom. The van der Waals surface area contributed by atoms with Crippen molar-refractivity contribution in [3.8, 4) is 0 Å². The van der Waals surface area contributed by atoms with Gasteiger partial charge in [-0.25, -0.2) is 0 Å². The molecule has 0 aliphatic rings. The molecule has 0 spiro atoms. The van der Waals surface area contributed by atoms with E-state index in [1.54, 1.807) is 11.3 Å². The molecular formula is C4H4BrMgS+. The summed E-state index contributed by atoms with van der Waals surface area (Å²) in [5.41, 5.74) is 0. The van der Waals surface area contributed by atoms with E-state index in [1.807, 2.05) is 22.9 Å². The maximum Gasteiger partial charge on any atom is 2.00 e. The molecule has 7 heavy (non-hydrogen) atoms. The molecule has 1 rings (SSSR count). The van der Waals surface area contributed by atoms with Gasteiger partial charge in [-0.15, -0.1) is 0 Å². The minimum absolute atomic E-state index is 0. The maximum atomic E-state index is 2.04. The van der Waals surface area contributed by atoms with E-state index in [2.05, 4.69) is 0 Å². The van der Waals surface area contributed by atoms with Crippen molar-refractivity contribution in [3.05, 3.63) is 22.9 Å². The van der Waals surface area contributed by atoms with Crippen LogP contribution in [0.5, 0.6) is 0 Å². The zero-order valence-electron chi connectivity index (χ0n) is 3.80. The van der Waals surface area contributed by atoms with Crippen molar-refractivity contribution in [3.63, 3.8) is 0 Å². The standard InChI is InChI=1S/C4H4S.BrH.Mg/c1-2-4-5-3-1;;/h1-4H;1H;/q;;+2/p-1. The van der Waals surface area contributed by atoms with Crippen molar-refractivity contribution in [1.82, 2.24) is 0 Å². The number of thiophene rings is 1. The Hall–Kier alpha value is 0.946. The Balaban J connectivity index is 0. The molecule has 3 heteroatoms. The fourth-order valence-corrected chi connectivity index (χ4v) is 0.680. The quantitative estimate of drug-likeness (QED) is 0.429. The Bertz CT molecular complexity index is 68.2. The normalized spacial score (nSPS) is 5.71. The van der Waals surface area contributed by atoms with Crippen LogP contribution in [0.1, 0.15) is 0 Å². The second-order valence-electron chi connectivity index (χ2n) is 0.793. The molecule has 1 aromatic rings. The van der Waals surface area contributed by atoms with E-state index in [1.165, 1.54) is 0 Å². The molecule has 0 aliphatic heterocycles. The summed E-state index contributed by atoms with van der Waals surface area (Å²) in [4.78, 5) is 0. The first kappa shape index (κ1) is 10.8. The number of rotatable bonds is 0.